The Kier molecular flexibility index (Phi) is 26.4. The number of Topliss-reactive ketones (excluding diaryl/α,β-unsaturated/α-hetero) is 1. The van der Waals surface area contributed by atoms with Crippen molar-refractivity contribution in [1.29, 1.82) is 0 Å². The topological polar surface area (TPSA) is 217 Å². The van der Waals surface area contributed by atoms with Crippen molar-refractivity contribution in [2.24, 2.45) is 17.3 Å². The number of ketones is 1. The number of fused-ring (bicyclic) bond motifs is 1. The minimum Gasteiger partial charge on any atom is -0.459 e. The smallest absolute Gasteiger partial charge is 0.459 e. The molecule has 3 aromatic rings. The van der Waals surface area contributed by atoms with Crippen molar-refractivity contribution >= 4 is 84.4 Å². The summed E-state index contributed by atoms with van der Waals surface area (Å²) in [6.07, 6.45) is -2.40. The van der Waals surface area contributed by atoms with E-state index in [0.29, 0.717) is 6.42 Å². The number of carbonyl (C=O) groups excluding carboxylic acids is 4. The monoisotopic (exact) mass is 1390 g/mol. The fourth-order valence-electron chi connectivity index (χ4n) is 10.5. The van der Waals surface area contributed by atoms with E-state index >= 15 is 4.79 Å². The molecule has 2 aliphatic heterocycles. The second kappa shape index (κ2) is 31.0. The Morgan fingerprint density at radius 1 is 0.766 bits per heavy atom. The molecule has 94 heavy (non-hydrogen) atoms. The minimum atomic E-state index is -2.83. The Bertz CT molecular complexity index is 3200. The molecule has 0 spiro atoms. The molecule has 0 N–H and O–H groups in total. The van der Waals surface area contributed by atoms with Crippen LogP contribution in [-0.4, -0.2) is 117 Å². The van der Waals surface area contributed by atoms with Gasteiger partial charge in [-0.1, -0.05) is 133 Å². The highest BCUT2D eigenvalue weighted by Crippen LogP contribution is 2.48. The fraction of sp³-hybridized carbons (Fsp3) is 0.676. The Labute approximate surface area is 570 Å². The van der Waals surface area contributed by atoms with E-state index in [2.05, 4.69) is 169 Å². The first-order valence-electron chi connectivity index (χ1n) is 33.3. The molecule has 3 heterocycles. The normalized spacial score (nSPS) is 25.1. The van der Waals surface area contributed by atoms with E-state index in [0.717, 1.165) is 45.6 Å². The number of rotatable bonds is 20. The Morgan fingerprint density at radius 3 is 1.86 bits per heavy atom. The van der Waals surface area contributed by atoms with Crippen molar-refractivity contribution in [3.8, 4) is 5.75 Å². The van der Waals surface area contributed by atoms with Crippen molar-refractivity contribution in [1.82, 2.24) is 4.98 Å². The Morgan fingerprint density at radius 2 is 1.32 bits per heavy atom. The van der Waals surface area contributed by atoms with Crippen molar-refractivity contribution in [3.05, 3.63) is 99.6 Å². The zero-order chi connectivity index (χ0) is 71.3. The molecule has 5 rings (SSSR count). The lowest BCUT2D eigenvalue weighted by Gasteiger charge is -2.53. The van der Waals surface area contributed by atoms with Crippen LogP contribution in [0.3, 0.4) is 0 Å². The number of nitrogens with zero attached hydrogens (tertiary/aromatic N) is 2. The zero-order valence-electron chi connectivity index (χ0n) is 61.4. The van der Waals surface area contributed by atoms with Gasteiger partial charge in [-0.15, -0.1) is 17.9 Å². The van der Waals surface area contributed by atoms with Gasteiger partial charge < -0.3 is 46.1 Å². The summed E-state index contributed by atoms with van der Waals surface area (Å²) in [5, 5.41) is 13.0. The summed E-state index contributed by atoms with van der Waals surface area (Å²) in [7, 11) is -10.9. The molecule has 18 nitrogen and oxygen atoms in total. The Hall–Kier alpha value is -4.70. The van der Waals surface area contributed by atoms with Crippen LogP contribution in [0.4, 0.5) is 10.5 Å². The maximum Gasteiger partial charge on any atom is 0.508 e. The van der Waals surface area contributed by atoms with Crippen molar-refractivity contribution in [2.45, 2.75) is 284 Å². The maximum atomic E-state index is 15.7. The molecular formula is C71H114N2O16SSi4. The van der Waals surface area contributed by atoms with Crippen LogP contribution >= 0.6 is 11.3 Å². The van der Waals surface area contributed by atoms with Crippen LogP contribution in [0.25, 0.3) is 10.2 Å². The number of carbonyl (C=O) groups is 4. The van der Waals surface area contributed by atoms with Crippen molar-refractivity contribution in [2.75, 3.05) is 6.61 Å². The van der Waals surface area contributed by atoms with E-state index in [1.54, 1.807) is 31.3 Å². The number of cyclic esters (lactones) is 1. The average Bonchev–Trinajstić information content (AvgIpc) is 0.869. The van der Waals surface area contributed by atoms with Gasteiger partial charge in [-0.05, 0) is 161 Å². The first-order chi connectivity index (χ1) is 43.0. The molecule has 1 fully saturated rings. The summed E-state index contributed by atoms with van der Waals surface area (Å²) in [5.41, 5.74) is 0.725. The summed E-state index contributed by atoms with van der Waals surface area (Å²) >= 11 is 1.57. The molecule has 23 heteroatoms. The average molecular weight is 1400 g/mol. The van der Waals surface area contributed by atoms with Crippen LogP contribution in [-0.2, 0) is 62.4 Å². The SMILES string of the molecule is C=CCOC(=O)[C@H]1O[C@@H](Oc2ccc(COC(=O)O[C@H]3CC(=O)O[C@H](c4ccc5sc(C)nc5c4)C/C=C(/C)CCC[C@H](C)[C@H](O[Si](C)(C)C(C)(C)C)[C@@H](CC=C)C(=O)C3(C)C)cc2[N+](=O)[O-])[C@H](O[Si](C)(C)C(C)(C)C)[C@@H](O[Si](C)(C)C(C)(C)C)[C@H]1O[Si](C)(C)C(C)(C)C. The van der Waals surface area contributed by atoms with Gasteiger partial charge in [0.1, 0.15) is 49.5 Å². The van der Waals surface area contributed by atoms with Gasteiger partial charge in [0.15, 0.2) is 45.1 Å². The molecule has 1 aromatic heterocycles. The number of aryl methyl sites for hydroxylation is 1. The van der Waals surface area contributed by atoms with Gasteiger partial charge in [0.2, 0.25) is 6.29 Å². The van der Waals surface area contributed by atoms with Gasteiger partial charge in [0, 0.05) is 18.4 Å². The lowest BCUT2D eigenvalue weighted by Crippen LogP contribution is -2.69. The zero-order valence-corrected chi connectivity index (χ0v) is 66.2. The van der Waals surface area contributed by atoms with Crippen LogP contribution in [0.2, 0.25) is 72.5 Å². The number of thiazole rings is 1. The van der Waals surface area contributed by atoms with E-state index in [-0.39, 0.29) is 56.2 Å². The van der Waals surface area contributed by atoms with Gasteiger partial charge in [-0.3, -0.25) is 19.7 Å². The van der Waals surface area contributed by atoms with E-state index in [1.807, 2.05) is 25.1 Å². The minimum absolute atomic E-state index is 0.0799. The molecule has 0 amide bonds. The number of esters is 2. The van der Waals surface area contributed by atoms with Crippen LogP contribution in [0.1, 0.15) is 172 Å². The third-order valence-electron chi connectivity index (χ3n) is 20.7. The third kappa shape index (κ3) is 20.0. The standard InChI is InChI=1S/C71H114N2O16SSi4/c1-28-31-50-58(86-91(20,21)67(6,7)8)46(4)33-30-32-45(3)34-37-53(49-36-39-55-51(42-49)72-47(5)90-55)82-57(74)43-56(71(18,19)63(50)75)84-66(77)81-44-48-35-38-54(52(41-48)73(78)79)83-65-62(89-94(26,27)70(15,16)17)60(88-93(24,25)69(12,13)14)59(87-92(22,23)68(9,10)11)61(85-65)64(76)80-40-29-2/h28-29,34-36,38-39,41-42,46,50,53,56,58-62,65H,1-2,30-33,37,40,43-44H2,3-27H3/b45-34-/t46-,50+,53-,56-,58-,59+,60-,61-,62+,65+/m0/s1. The summed E-state index contributed by atoms with van der Waals surface area (Å²) in [4.78, 5) is 76.6. The molecule has 0 aliphatic carbocycles. The number of ether oxygens (including phenoxy) is 6. The number of nitro benzene ring substituents is 1. The quantitative estimate of drug-likeness (QED) is 0.0257. The van der Waals surface area contributed by atoms with E-state index in [4.69, 9.17) is 51.1 Å². The molecule has 10 atom stereocenters. The van der Waals surface area contributed by atoms with Gasteiger partial charge in [-0.2, -0.15) is 0 Å². The number of aromatic nitrogens is 1. The van der Waals surface area contributed by atoms with Crippen LogP contribution in [0.5, 0.6) is 5.75 Å². The van der Waals surface area contributed by atoms with Crippen molar-refractivity contribution < 1.29 is 70.2 Å². The molecule has 0 unspecified atom stereocenters. The number of allylic oxidation sites excluding steroid dienone is 2. The summed E-state index contributed by atoms with van der Waals surface area (Å²) in [5.74, 6) is -2.85. The largest absolute Gasteiger partial charge is 0.508 e. The first kappa shape index (κ1) is 80.0. The molecule has 0 saturated carbocycles. The van der Waals surface area contributed by atoms with Gasteiger partial charge in [-0.25, -0.2) is 14.6 Å². The highest BCUT2D eigenvalue weighted by atomic mass is 32.1. The third-order valence-corrected chi connectivity index (χ3v) is 39.5. The van der Waals surface area contributed by atoms with Gasteiger partial charge in [0.05, 0.1) is 38.1 Å². The van der Waals surface area contributed by atoms with E-state index in [9.17, 15) is 24.5 Å². The second-order valence-corrected chi connectivity index (χ2v) is 52.8. The maximum absolute atomic E-state index is 15.7. The molecule has 526 valence electrons. The van der Waals surface area contributed by atoms with Crippen LogP contribution in [0, 0.1) is 34.3 Å². The van der Waals surface area contributed by atoms with Crippen LogP contribution in [0.15, 0.2) is 73.4 Å². The molecule has 2 aromatic carbocycles. The number of hydrogen-bond acceptors (Lipinski definition) is 18. The molecule has 1 saturated heterocycles. The van der Waals surface area contributed by atoms with Crippen molar-refractivity contribution in [3.63, 3.8) is 0 Å². The Balaban J connectivity index is 1.59. The molecule has 2 aliphatic rings. The number of benzene rings is 2. The molecule has 0 bridgehead atoms. The molecular weight excluding hydrogens is 1280 g/mol. The second-order valence-electron chi connectivity index (χ2n) is 32.6. The predicted octanol–water partition coefficient (Wildman–Crippen LogP) is 18.5. The number of hydrogen-bond donors (Lipinski definition) is 0. The lowest BCUT2D eigenvalue weighted by atomic mass is 9.71. The van der Waals surface area contributed by atoms with E-state index < -0.39 is 135 Å². The van der Waals surface area contributed by atoms with Crippen LogP contribution < -0.4 is 4.74 Å². The summed E-state index contributed by atoms with van der Waals surface area (Å²) in [6.45, 7) is 58.8. The first-order valence-corrected chi connectivity index (χ1v) is 45.7. The molecule has 0 radical (unpaired) electrons. The summed E-state index contributed by atoms with van der Waals surface area (Å²) < 4.78 is 67.8. The van der Waals surface area contributed by atoms with Gasteiger partial charge >= 0.3 is 23.8 Å². The fourth-order valence-corrected chi connectivity index (χ4v) is 16.6. The predicted molar refractivity (Wildman–Crippen MR) is 383 cm³/mol. The van der Waals surface area contributed by atoms with Gasteiger partial charge in [0.25, 0.3) is 0 Å². The summed E-state index contributed by atoms with van der Waals surface area (Å²) in [6, 6.07) is 9.89. The number of nitro groups is 1. The highest BCUT2D eigenvalue weighted by Gasteiger charge is 2.60. The lowest BCUT2D eigenvalue weighted by molar-refractivity contribution is -0.387. The highest BCUT2D eigenvalue weighted by molar-refractivity contribution is 7.18. The van der Waals surface area contributed by atoms with E-state index in [1.165, 1.54) is 24.3 Å².